The highest BCUT2D eigenvalue weighted by Gasteiger charge is 2.18. The van der Waals surface area contributed by atoms with E-state index in [0.717, 1.165) is 17.7 Å². The van der Waals surface area contributed by atoms with Crippen LogP contribution in [0.3, 0.4) is 0 Å². The predicted molar refractivity (Wildman–Crippen MR) is 53.7 cm³/mol. The van der Waals surface area contributed by atoms with Crippen LogP contribution in [0.1, 0.15) is 11.3 Å². The smallest absolute Gasteiger partial charge is 0.223 e. The van der Waals surface area contributed by atoms with Crippen LogP contribution in [-0.4, -0.2) is 22.3 Å². The molecule has 0 spiro atoms. The van der Waals surface area contributed by atoms with Gasteiger partial charge in [0.05, 0.1) is 0 Å². The molecule has 0 aliphatic carbocycles. The van der Waals surface area contributed by atoms with Crippen LogP contribution >= 0.6 is 11.6 Å². The highest BCUT2D eigenvalue weighted by molar-refractivity contribution is 6.29. The molecule has 2 heterocycles. The number of carbonyl (C=O) groups is 1. The zero-order chi connectivity index (χ0) is 10.1. The molecule has 0 saturated carbocycles. The normalized spacial score (nSPS) is 15.1. The fourth-order valence-electron chi connectivity index (χ4n) is 1.60. The van der Waals surface area contributed by atoms with Gasteiger partial charge < -0.3 is 4.90 Å². The van der Waals surface area contributed by atoms with Crippen molar-refractivity contribution in [1.29, 1.82) is 0 Å². The molecule has 3 nitrogen and oxygen atoms in total. The first kappa shape index (κ1) is 9.46. The number of rotatable bonds is 0. The SMILES string of the molecule is [CH2]C(=O)N1CCc2nc(Cl)ccc2C1. The third kappa shape index (κ3) is 1.73. The van der Waals surface area contributed by atoms with Crippen LogP contribution < -0.4 is 0 Å². The van der Waals surface area contributed by atoms with Crippen molar-refractivity contribution in [3.05, 3.63) is 35.5 Å². The summed E-state index contributed by atoms with van der Waals surface area (Å²) < 4.78 is 0. The van der Waals surface area contributed by atoms with Gasteiger partial charge in [-0.1, -0.05) is 17.7 Å². The van der Waals surface area contributed by atoms with E-state index in [9.17, 15) is 4.79 Å². The number of carbonyl (C=O) groups excluding carboxylic acids is 1. The lowest BCUT2D eigenvalue weighted by molar-refractivity contribution is -0.127. The second-order valence-corrected chi connectivity index (χ2v) is 3.69. The molecule has 0 aromatic carbocycles. The van der Waals surface area contributed by atoms with E-state index in [1.807, 2.05) is 6.07 Å². The number of hydrogen-bond acceptors (Lipinski definition) is 2. The molecule has 1 aliphatic rings. The van der Waals surface area contributed by atoms with Crippen molar-refractivity contribution >= 4 is 17.5 Å². The van der Waals surface area contributed by atoms with Crippen molar-refractivity contribution in [2.45, 2.75) is 13.0 Å². The molecule has 73 valence electrons. The molecule has 0 bridgehead atoms. The first-order valence-electron chi connectivity index (χ1n) is 4.42. The lowest BCUT2D eigenvalue weighted by Gasteiger charge is -2.27. The molecule has 1 aromatic heterocycles. The maximum Gasteiger partial charge on any atom is 0.223 e. The van der Waals surface area contributed by atoms with Gasteiger partial charge in [0.25, 0.3) is 0 Å². The van der Waals surface area contributed by atoms with Crippen molar-refractivity contribution in [2.24, 2.45) is 0 Å². The number of amides is 1. The first-order valence-corrected chi connectivity index (χ1v) is 4.80. The van der Waals surface area contributed by atoms with Crippen molar-refractivity contribution in [1.82, 2.24) is 9.88 Å². The average Bonchev–Trinajstić information content (AvgIpc) is 2.16. The van der Waals surface area contributed by atoms with Gasteiger partial charge in [-0.3, -0.25) is 4.79 Å². The van der Waals surface area contributed by atoms with E-state index in [0.29, 0.717) is 18.2 Å². The van der Waals surface area contributed by atoms with E-state index < -0.39 is 0 Å². The molecule has 4 heteroatoms. The maximum absolute atomic E-state index is 11.0. The fraction of sp³-hybridized carbons (Fsp3) is 0.300. The molecule has 0 N–H and O–H groups in total. The van der Waals surface area contributed by atoms with E-state index in [1.54, 1.807) is 11.0 Å². The fourth-order valence-corrected chi connectivity index (χ4v) is 1.77. The quantitative estimate of drug-likeness (QED) is 0.606. The van der Waals surface area contributed by atoms with Gasteiger partial charge >= 0.3 is 0 Å². The largest absolute Gasteiger partial charge is 0.338 e. The van der Waals surface area contributed by atoms with E-state index in [2.05, 4.69) is 11.9 Å². The molecule has 0 fully saturated rings. The Morgan fingerprint density at radius 2 is 2.36 bits per heavy atom. The number of hydrogen-bond donors (Lipinski definition) is 0. The summed E-state index contributed by atoms with van der Waals surface area (Å²) in [6, 6.07) is 3.66. The van der Waals surface area contributed by atoms with E-state index in [1.165, 1.54) is 0 Å². The minimum absolute atomic E-state index is 0.134. The molecule has 0 saturated heterocycles. The molecule has 1 aromatic rings. The van der Waals surface area contributed by atoms with E-state index >= 15 is 0 Å². The molecular weight excluding hydrogens is 200 g/mol. The highest BCUT2D eigenvalue weighted by atomic mass is 35.5. The molecule has 1 amide bonds. The first-order chi connectivity index (χ1) is 6.66. The van der Waals surface area contributed by atoms with Crippen molar-refractivity contribution in [3.8, 4) is 0 Å². The Hall–Kier alpha value is -1.09. The third-order valence-corrected chi connectivity index (χ3v) is 2.58. The predicted octanol–water partition coefficient (Wildman–Crippen LogP) is 1.45. The van der Waals surface area contributed by atoms with Crippen LogP contribution in [0.2, 0.25) is 5.15 Å². The molecule has 1 radical (unpaired) electrons. The van der Waals surface area contributed by atoms with Gasteiger partial charge in [-0.05, 0) is 11.6 Å². The monoisotopic (exact) mass is 209 g/mol. The topological polar surface area (TPSA) is 33.2 Å². The van der Waals surface area contributed by atoms with Crippen LogP contribution in [0.25, 0.3) is 0 Å². The zero-order valence-electron chi connectivity index (χ0n) is 7.66. The van der Waals surface area contributed by atoms with Gasteiger partial charge in [0.1, 0.15) is 5.15 Å². The summed E-state index contributed by atoms with van der Waals surface area (Å²) in [6.45, 7) is 4.68. The van der Waals surface area contributed by atoms with Crippen LogP contribution in [0.4, 0.5) is 0 Å². The Morgan fingerprint density at radius 3 is 3.07 bits per heavy atom. The maximum atomic E-state index is 11.0. The second kappa shape index (κ2) is 3.58. The molecule has 0 unspecified atom stereocenters. The number of halogens is 1. The third-order valence-electron chi connectivity index (χ3n) is 2.37. The summed E-state index contributed by atoms with van der Waals surface area (Å²) in [5.74, 6) is -0.134. The van der Waals surface area contributed by atoms with Crippen molar-refractivity contribution in [2.75, 3.05) is 6.54 Å². The van der Waals surface area contributed by atoms with Gasteiger partial charge in [-0.15, -0.1) is 0 Å². The van der Waals surface area contributed by atoms with Crippen molar-refractivity contribution in [3.63, 3.8) is 0 Å². The molecule has 2 rings (SSSR count). The highest BCUT2D eigenvalue weighted by Crippen LogP contribution is 2.19. The summed E-state index contributed by atoms with van der Waals surface area (Å²) in [6.07, 6.45) is 0.761. The Bertz CT molecular complexity index is 378. The lowest BCUT2D eigenvalue weighted by Crippen LogP contribution is -2.34. The van der Waals surface area contributed by atoms with Gasteiger partial charge in [0.15, 0.2) is 0 Å². The van der Waals surface area contributed by atoms with Crippen molar-refractivity contribution < 1.29 is 4.79 Å². The Morgan fingerprint density at radius 1 is 1.57 bits per heavy atom. The summed E-state index contributed by atoms with van der Waals surface area (Å²) in [5.41, 5.74) is 2.06. The van der Waals surface area contributed by atoms with E-state index in [-0.39, 0.29) is 5.91 Å². The number of aromatic nitrogens is 1. The molecule has 0 atom stereocenters. The van der Waals surface area contributed by atoms with Crippen LogP contribution in [-0.2, 0) is 17.8 Å². The van der Waals surface area contributed by atoms with Gasteiger partial charge in [-0.2, -0.15) is 0 Å². The molecule has 14 heavy (non-hydrogen) atoms. The number of pyridine rings is 1. The van der Waals surface area contributed by atoms with Gasteiger partial charge in [0.2, 0.25) is 5.91 Å². The zero-order valence-corrected chi connectivity index (χ0v) is 8.42. The Kier molecular flexibility index (Phi) is 2.42. The van der Waals surface area contributed by atoms with Gasteiger partial charge in [-0.25, -0.2) is 4.98 Å². The average molecular weight is 210 g/mol. The summed E-state index contributed by atoms with van der Waals surface area (Å²) >= 11 is 5.77. The summed E-state index contributed by atoms with van der Waals surface area (Å²) in [4.78, 5) is 17.0. The molecular formula is C10H10ClN2O. The minimum Gasteiger partial charge on any atom is -0.338 e. The van der Waals surface area contributed by atoms with E-state index in [4.69, 9.17) is 11.6 Å². The van der Waals surface area contributed by atoms with Crippen LogP contribution in [0, 0.1) is 6.92 Å². The minimum atomic E-state index is -0.134. The van der Waals surface area contributed by atoms with Gasteiger partial charge in [0, 0.05) is 32.1 Å². The summed E-state index contributed by atoms with van der Waals surface area (Å²) in [5, 5.41) is 0.512. The second-order valence-electron chi connectivity index (χ2n) is 3.31. The lowest BCUT2D eigenvalue weighted by atomic mass is 10.1. The number of fused-ring (bicyclic) bond motifs is 1. The number of nitrogens with zero attached hydrogens (tertiary/aromatic N) is 2. The Labute approximate surface area is 87.7 Å². The van der Waals surface area contributed by atoms with Crippen LogP contribution in [0.5, 0.6) is 0 Å². The van der Waals surface area contributed by atoms with Crippen LogP contribution in [0.15, 0.2) is 12.1 Å². The standard InChI is InChI=1S/C10H10ClN2O/c1-7(14)13-5-4-9-8(6-13)2-3-10(11)12-9/h2-3H,1,4-6H2. The Balaban J connectivity index is 2.27. The summed E-state index contributed by atoms with van der Waals surface area (Å²) in [7, 11) is 0. The molecule has 1 aliphatic heterocycles.